The molecule has 2 N–H and O–H groups in total. The Morgan fingerprint density at radius 3 is 2.69 bits per heavy atom. The van der Waals surface area contributed by atoms with Gasteiger partial charge in [-0.2, -0.15) is 0 Å². The zero-order valence-electron chi connectivity index (χ0n) is 8.80. The van der Waals surface area contributed by atoms with E-state index in [-0.39, 0.29) is 0 Å². The van der Waals surface area contributed by atoms with E-state index in [9.17, 15) is 0 Å². The van der Waals surface area contributed by atoms with Crippen molar-refractivity contribution >= 4 is 0 Å². The average Bonchev–Trinajstić information content (AvgIpc) is 2.56. The molecule has 1 heterocycles. The first kappa shape index (κ1) is 10.3. The third-order valence-corrected chi connectivity index (χ3v) is 2.55. The highest BCUT2D eigenvalue weighted by atomic mass is 14.8. The van der Waals surface area contributed by atoms with Crippen LogP contribution in [0.25, 0.3) is 0 Å². The van der Waals surface area contributed by atoms with Crippen molar-refractivity contribution in [3.05, 3.63) is 24.0 Å². The maximum atomic E-state index is 3.25. The molecular formula is C11H20N2. The summed E-state index contributed by atoms with van der Waals surface area (Å²) in [4.78, 5) is 3.25. The number of H-pyrrole nitrogens is 1. The quantitative estimate of drug-likeness (QED) is 0.713. The van der Waals surface area contributed by atoms with Crippen molar-refractivity contribution in [2.75, 3.05) is 13.6 Å². The lowest BCUT2D eigenvalue weighted by Crippen LogP contribution is -2.25. The molecule has 0 aliphatic rings. The fourth-order valence-corrected chi connectivity index (χ4v) is 1.58. The van der Waals surface area contributed by atoms with Gasteiger partial charge in [0.1, 0.15) is 0 Å². The second-order valence-corrected chi connectivity index (χ2v) is 3.96. The van der Waals surface area contributed by atoms with Gasteiger partial charge in [-0.1, -0.05) is 13.8 Å². The van der Waals surface area contributed by atoms with Crippen LogP contribution in [0, 0.1) is 11.8 Å². The molecule has 1 rings (SSSR count). The molecule has 1 aromatic heterocycles. The Kier molecular flexibility index (Phi) is 4.03. The van der Waals surface area contributed by atoms with Crippen molar-refractivity contribution in [2.24, 2.45) is 11.8 Å². The molecule has 0 bridgehead atoms. The SMILES string of the molecule is CNCC(Cc1ccc[nH]1)C(C)C. The van der Waals surface area contributed by atoms with Crippen LogP contribution in [0.3, 0.4) is 0 Å². The highest BCUT2D eigenvalue weighted by Crippen LogP contribution is 2.15. The third kappa shape index (κ3) is 3.23. The second kappa shape index (κ2) is 5.07. The number of aromatic nitrogens is 1. The number of hydrogen-bond acceptors (Lipinski definition) is 1. The summed E-state index contributed by atoms with van der Waals surface area (Å²) in [5.41, 5.74) is 1.34. The third-order valence-electron chi connectivity index (χ3n) is 2.55. The number of rotatable bonds is 5. The number of hydrogen-bond donors (Lipinski definition) is 2. The normalized spacial score (nSPS) is 13.5. The van der Waals surface area contributed by atoms with E-state index in [2.05, 4.69) is 36.3 Å². The topological polar surface area (TPSA) is 27.8 Å². The summed E-state index contributed by atoms with van der Waals surface area (Å²) < 4.78 is 0. The van der Waals surface area contributed by atoms with Crippen LogP contribution in [0.1, 0.15) is 19.5 Å². The molecule has 1 unspecified atom stereocenters. The number of aromatic amines is 1. The van der Waals surface area contributed by atoms with Crippen LogP contribution in [0.5, 0.6) is 0 Å². The first-order chi connectivity index (χ1) is 6.24. The van der Waals surface area contributed by atoms with Crippen molar-refractivity contribution in [1.29, 1.82) is 0 Å². The summed E-state index contributed by atoms with van der Waals surface area (Å²) in [5.74, 6) is 1.46. The predicted molar refractivity (Wildman–Crippen MR) is 56.8 cm³/mol. The molecule has 0 amide bonds. The molecule has 0 aromatic carbocycles. The molecule has 0 saturated carbocycles. The molecule has 0 radical (unpaired) electrons. The Morgan fingerprint density at radius 1 is 1.46 bits per heavy atom. The molecule has 2 nitrogen and oxygen atoms in total. The Balaban J connectivity index is 2.47. The van der Waals surface area contributed by atoms with E-state index in [4.69, 9.17) is 0 Å². The van der Waals surface area contributed by atoms with E-state index in [0.717, 1.165) is 24.8 Å². The summed E-state index contributed by atoms with van der Waals surface area (Å²) in [5, 5.41) is 3.25. The van der Waals surface area contributed by atoms with Crippen molar-refractivity contribution in [2.45, 2.75) is 20.3 Å². The molecule has 13 heavy (non-hydrogen) atoms. The van der Waals surface area contributed by atoms with Crippen LogP contribution in [0.2, 0.25) is 0 Å². The average molecular weight is 180 g/mol. The zero-order chi connectivity index (χ0) is 9.68. The van der Waals surface area contributed by atoms with Crippen molar-refractivity contribution in [3.63, 3.8) is 0 Å². The highest BCUT2D eigenvalue weighted by molar-refractivity contribution is 5.04. The van der Waals surface area contributed by atoms with Crippen LogP contribution >= 0.6 is 0 Å². The summed E-state index contributed by atoms with van der Waals surface area (Å²) >= 11 is 0. The molecule has 0 saturated heterocycles. The van der Waals surface area contributed by atoms with Gasteiger partial charge in [-0.25, -0.2) is 0 Å². The maximum absolute atomic E-state index is 3.25. The molecule has 0 fully saturated rings. The summed E-state index contributed by atoms with van der Waals surface area (Å²) in [6, 6.07) is 4.22. The van der Waals surface area contributed by atoms with Crippen molar-refractivity contribution in [3.8, 4) is 0 Å². The van der Waals surface area contributed by atoms with Gasteiger partial charge in [0.15, 0.2) is 0 Å². The minimum absolute atomic E-state index is 0.726. The van der Waals surface area contributed by atoms with Crippen molar-refractivity contribution in [1.82, 2.24) is 10.3 Å². The van der Waals surface area contributed by atoms with Crippen LogP contribution < -0.4 is 5.32 Å². The Bertz CT molecular complexity index is 214. The largest absolute Gasteiger partial charge is 0.365 e. The lowest BCUT2D eigenvalue weighted by atomic mass is 9.91. The minimum atomic E-state index is 0.726. The Hall–Kier alpha value is -0.760. The van der Waals surface area contributed by atoms with Crippen LogP contribution in [-0.4, -0.2) is 18.6 Å². The van der Waals surface area contributed by atoms with Gasteiger partial charge in [-0.3, -0.25) is 0 Å². The van der Waals surface area contributed by atoms with E-state index < -0.39 is 0 Å². The summed E-state index contributed by atoms with van der Waals surface area (Å²) in [6.45, 7) is 5.66. The molecule has 1 atom stereocenters. The predicted octanol–water partition coefficient (Wildman–Crippen LogP) is 2.05. The summed E-state index contributed by atoms with van der Waals surface area (Å²) in [7, 11) is 2.02. The lowest BCUT2D eigenvalue weighted by molar-refractivity contribution is 0.368. The van der Waals surface area contributed by atoms with Crippen LogP contribution in [0.4, 0.5) is 0 Å². The Morgan fingerprint density at radius 2 is 2.23 bits per heavy atom. The van der Waals surface area contributed by atoms with Crippen LogP contribution in [0.15, 0.2) is 18.3 Å². The van der Waals surface area contributed by atoms with Gasteiger partial charge in [0, 0.05) is 11.9 Å². The Labute approximate surface area is 80.7 Å². The highest BCUT2D eigenvalue weighted by Gasteiger charge is 2.13. The maximum Gasteiger partial charge on any atom is 0.0150 e. The summed E-state index contributed by atoms with van der Waals surface area (Å²) in [6.07, 6.45) is 3.14. The van der Waals surface area contributed by atoms with Gasteiger partial charge in [0.2, 0.25) is 0 Å². The first-order valence-electron chi connectivity index (χ1n) is 5.01. The molecule has 0 spiro atoms. The fourth-order valence-electron chi connectivity index (χ4n) is 1.58. The molecule has 74 valence electrons. The fraction of sp³-hybridized carbons (Fsp3) is 0.636. The second-order valence-electron chi connectivity index (χ2n) is 3.96. The number of nitrogens with one attached hydrogen (secondary N) is 2. The van der Waals surface area contributed by atoms with Gasteiger partial charge in [-0.15, -0.1) is 0 Å². The van der Waals surface area contributed by atoms with E-state index in [0.29, 0.717) is 0 Å². The minimum Gasteiger partial charge on any atom is -0.365 e. The van der Waals surface area contributed by atoms with Crippen molar-refractivity contribution < 1.29 is 0 Å². The standard InChI is InChI=1S/C11H20N2/c1-9(2)10(8-12-3)7-11-5-4-6-13-11/h4-6,9-10,12-13H,7-8H2,1-3H3. The van der Waals surface area contributed by atoms with Gasteiger partial charge >= 0.3 is 0 Å². The van der Waals surface area contributed by atoms with Gasteiger partial charge < -0.3 is 10.3 Å². The molecule has 1 aromatic rings. The lowest BCUT2D eigenvalue weighted by Gasteiger charge is -2.19. The van der Waals surface area contributed by atoms with Crippen LogP contribution in [-0.2, 0) is 6.42 Å². The van der Waals surface area contributed by atoms with Gasteiger partial charge in [0.05, 0.1) is 0 Å². The van der Waals surface area contributed by atoms with E-state index in [1.807, 2.05) is 13.2 Å². The molecule has 2 heteroatoms. The smallest absolute Gasteiger partial charge is 0.0150 e. The van der Waals surface area contributed by atoms with E-state index in [1.54, 1.807) is 0 Å². The molecule has 0 aliphatic carbocycles. The van der Waals surface area contributed by atoms with E-state index in [1.165, 1.54) is 5.69 Å². The first-order valence-corrected chi connectivity index (χ1v) is 5.01. The van der Waals surface area contributed by atoms with Gasteiger partial charge in [0.25, 0.3) is 0 Å². The molecule has 0 aliphatic heterocycles. The van der Waals surface area contributed by atoms with E-state index >= 15 is 0 Å². The zero-order valence-corrected chi connectivity index (χ0v) is 8.80. The van der Waals surface area contributed by atoms with Gasteiger partial charge in [-0.05, 0) is 44.0 Å². The monoisotopic (exact) mass is 180 g/mol. The molecular weight excluding hydrogens is 160 g/mol.